The summed E-state index contributed by atoms with van der Waals surface area (Å²) in [5, 5.41) is 18.4. The second kappa shape index (κ2) is 8.07. The number of hydrazone groups is 1. The molecule has 0 aromatic heterocycles. The number of phenolic OH excluding ortho intramolecular Hbond substituents is 1. The zero-order valence-electron chi connectivity index (χ0n) is 13.7. The maximum absolute atomic E-state index is 11.9. The second-order valence-corrected chi connectivity index (χ2v) is 6.32. The van der Waals surface area contributed by atoms with Crippen molar-refractivity contribution < 1.29 is 14.7 Å². The third kappa shape index (κ3) is 4.36. The average Bonchev–Trinajstić information content (AvgIpc) is 2.66. The van der Waals surface area contributed by atoms with Crippen LogP contribution in [-0.4, -0.2) is 23.1 Å². The number of nitrogens with one attached hydrogen (secondary N) is 2. The Morgan fingerprint density at radius 2 is 1.74 bits per heavy atom. The highest BCUT2D eigenvalue weighted by Gasteiger charge is 2.13. The molecule has 0 heterocycles. The van der Waals surface area contributed by atoms with Crippen LogP contribution in [0.2, 0.25) is 10.0 Å². The Balaban J connectivity index is 1.69. The normalized spacial score (nSPS) is 10.9. The largest absolute Gasteiger partial charge is 0.507 e. The van der Waals surface area contributed by atoms with Crippen molar-refractivity contribution in [2.24, 2.45) is 5.10 Å². The molecule has 0 saturated heterocycles. The molecule has 0 unspecified atom stereocenters. The van der Waals surface area contributed by atoms with Gasteiger partial charge in [-0.05, 0) is 35.0 Å². The van der Waals surface area contributed by atoms with Crippen molar-refractivity contribution in [1.29, 1.82) is 0 Å². The summed E-state index contributed by atoms with van der Waals surface area (Å²) in [6.07, 6.45) is 1.28. The van der Waals surface area contributed by atoms with Crippen LogP contribution in [0.5, 0.6) is 5.75 Å². The Morgan fingerprint density at radius 1 is 0.963 bits per heavy atom. The number of phenols is 1. The summed E-state index contributed by atoms with van der Waals surface area (Å²) in [4.78, 5) is 23.8. The summed E-state index contributed by atoms with van der Waals surface area (Å²) in [6, 6.07) is 15.1. The van der Waals surface area contributed by atoms with E-state index in [9.17, 15) is 14.7 Å². The second-order valence-electron chi connectivity index (χ2n) is 5.50. The molecule has 0 saturated carbocycles. The number of nitrogens with zero attached hydrogens (tertiary/aromatic N) is 1. The zero-order chi connectivity index (χ0) is 19.4. The lowest BCUT2D eigenvalue weighted by atomic mass is 10.0. The SMILES string of the molecule is O=C(N/N=C/c1c(O)ccc2ccccc12)C(=O)Nc1ccc(Cl)c(Cl)c1. The van der Waals surface area contributed by atoms with Crippen LogP contribution in [-0.2, 0) is 9.59 Å². The van der Waals surface area contributed by atoms with Gasteiger partial charge >= 0.3 is 11.8 Å². The van der Waals surface area contributed by atoms with Gasteiger partial charge in [0.2, 0.25) is 0 Å². The van der Waals surface area contributed by atoms with E-state index >= 15 is 0 Å². The number of fused-ring (bicyclic) bond motifs is 1. The molecule has 8 heteroatoms. The molecule has 2 amide bonds. The molecule has 0 bridgehead atoms. The van der Waals surface area contributed by atoms with Gasteiger partial charge in [0.1, 0.15) is 5.75 Å². The van der Waals surface area contributed by atoms with Gasteiger partial charge in [-0.15, -0.1) is 0 Å². The summed E-state index contributed by atoms with van der Waals surface area (Å²) in [7, 11) is 0. The first-order valence-electron chi connectivity index (χ1n) is 7.76. The molecule has 3 N–H and O–H groups in total. The molecule has 0 atom stereocenters. The molecule has 3 aromatic carbocycles. The highest BCUT2D eigenvalue weighted by atomic mass is 35.5. The van der Waals surface area contributed by atoms with Crippen LogP contribution in [0, 0.1) is 0 Å². The van der Waals surface area contributed by atoms with E-state index < -0.39 is 11.8 Å². The maximum atomic E-state index is 11.9. The molecule has 3 rings (SSSR count). The fourth-order valence-corrected chi connectivity index (χ4v) is 2.69. The Hall–Kier alpha value is -3.09. The highest BCUT2D eigenvalue weighted by Crippen LogP contribution is 2.26. The molecule has 0 spiro atoms. The fraction of sp³-hybridized carbons (Fsp3) is 0. The van der Waals surface area contributed by atoms with E-state index in [1.165, 1.54) is 30.5 Å². The van der Waals surface area contributed by atoms with Gasteiger partial charge in [-0.3, -0.25) is 9.59 Å². The van der Waals surface area contributed by atoms with Crippen LogP contribution in [0.4, 0.5) is 5.69 Å². The van der Waals surface area contributed by atoms with E-state index in [-0.39, 0.29) is 10.8 Å². The Labute approximate surface area is 164 Å². The van der Waals surface area contributed by atoms with Gasteiger partial charge in [0, 0.05) is 11.3 Å². The van der Waals surface area contributed by atoms with Crippen molar-refractivity contribution in [3.63, 3.8) is 0 Å². The molecule has 136 valence electrons. The molecular weight excluding hydrogens is 389 g/mol. The molecule has 27 heavy (non-hydrogen) atoms. The van der Waals surface area contributed by atoms with Crippen LogP contribution in [0.1, 0.15) is 5.56 Å². The first kappa shape index (κ1) is 18.7. The third-order valence-corrected chi connectivity index (χ3v) is 4.43. The summed E-state index contributed by atoms with van der Waals surface area (Å²) in [6.45, 7) is 0. The van der Waals surface area contributed by atoms with Gasteiger partial charge in [-0.25, -0.2) is 5.43 Å². The lowest BCUT2D eigenvalue weighted by Gasteiger charge is -2.06. The van der Waals surface area contributed by atoms with Crippen molar-refractivity contribution in [2.45, 2.75) is 0 Å². The quantitative estimate of drug-likeness (QED) is 0.352. The van der Waals surface area contributed by atoms with E-state index in [1.807, 2.05) is 24.3 Å². The van der Waals surface area contributed by atoms with Crippen molar-refractivity contribution in [1.82, 2.24) is 5.43 Å². The van der Waals surface area contributed by atoms with E-state index in [1.54, 1.807) is 6.07 Å². The molecule has 0 aliphatic rings. The number of benzene rings is 3. The number of aromatic hydroxyl groups is 1. The number of hydrogen-bond donors (Lipinski definition) is 3. The molecule has 0 radical (unpaired) electrons. The van der Waals surface area contributed by atoms with E-state index in [0.29, 0.717) is 16.3 Å². The number of anilines is 1. The summed E-state index contributed by atoms with van der Waals surface area (Å²) < 4.78 is 0. The van der Waals surface area contributed by atoms with Crippen LogP contribution >= 0.6 is 23.2 Å². The van der Waals surface area contributed by atoms with E-state index in [4.69, 9.17) is 23.2 Å². The van der Waals surface area contributed by atoms with Crippen LogP contribution < -0.4 is 10.7 Å². The molecule has 0 aliphatic carbocycles. The van der Waals surface area contributed by atoms with Gasteiger partial charge in [0.15, 0.2) is 0 Å². The van der Waals surface area contributed by atoms with Gasteiger partial charge in [0.05, 0.1) is 16.3 Å². The maximum Gasteiger partial charge on any atom is 0.329 e. The summed E-state index contributed by atoms with van der Waals surface area (Å²) in [5.41, 5.74) is 2.87. The molecular formula is C19H13Cl2N3O3. The van der Waals surface area contributed by atoms with Gasteiger partial charge in [-0.2, -0.15) is 5.10 Å². The summed E-state index contributed by atoms with van der Waals surface area (Å²) in [5.74, 6) is -1.89. The Morgan fingerprint density at radius 3 is 2.52 bits per heavy atom. The van der Waals surface area contributed by atoms with E-state index in [0.717, 1.165) is 10.8 Å². The molecule has 3 aromatic rings. The predicted molar refractivity (Wildman–Crippen MR) is 106 cm³/mol. The fourth-order valence-electron chi connectivity index (χ4n) is 2.39. The van der Waals surface area contributed by atoms with Gasteiger partial charge in [0.25, 0.3) is 0 Å². The van der Waals surface area contributed by atoms with Gasteiger partial charge in [-0.1, -0.05) is 53.5 Å². The lowest BCUT2D eigenvalue weighted by Crippen LogP contribution is -2.32. The van der Waals surface area contributed by atoms with Crippen LogP contribution in [0.3, 0.4) is 0 Å². The number of halogens is 2. The standard InChI is InChI=1S/C19H13Cl2N3O3/c20-15-7-6-12(9-16(15)21)23-18(26)19(27)24-22-10-14-13-4-2-1-3-11(13)5-8-17(14)25/h1-10,25H,(H,23,26)(H,24,27)/b22-10+. The third-order valence-electron chi connectivity index (χ3n) is 3.69. The van der Waals surface area contributed by atoms with Crippen LogP contribution in [0.15, 0.2) is 59.7 Å². The Bertz CT molecular complexity index is 1070. The first-order valence-corrected chi connectivity index (χ1v) is 8.51. The number of amides is 2. The van der Waals surface area contributed by atoms with Crippen molar-refractivity contribution in [2.75, 3.05) is 5.32 Å². The lowest BCUT2D eigenvalue weighted by molar-refractivity contribution is -0.136. The average molecular weight is 402 g/mol. The van der Waals surface area contributed by atoms with Crippen molar-refractivity contribution in [3.8, 4) is 5.75 Å². The topological polar surface area (TPSA) is 90.8 Å². The number of carbonyl (C=O) groups is 2. The number of rotatable bonds is 3. The number of hydrogen-bond acceptors (Lipinski definition) is 4. The predicted octanol–water partition coefficient (Wildman–Crippen LogP) is 3.94. The minimum atomic E-state index is -0.975. The monoisotopic (exact) mass is 401 g/mol. The van der Waals surface area contributed by atoms with Crippen molar-refractivity contribution >= 4 is 57.7 Å². The highest BCUT2D eigenvalue weighted by molar-refractivity contribution is 6.43. The van der Waals surface area contributed by atoms with E-state index in [2.05, 4.69) is 15.8 Å². The summed E-state index contributed by atoms with van der Waals surface area (Å²) >= 11 is 11.7. The van der Waals surface area contributed by atoms with Crippen molar-refractivity contribution in [3.05, 3.63) is 70.2 Å². The molecule has 6 nitrogen and oxygen atoms in total. The smallest absolute Gasteiger partial charge is 0.329 e. The molecule has 0 fully saturated rings. The van der Waals surface area contributed by atoms with Gasteiger partial charge < -0.3 is 10.4 Å². The number of carbonyl (C=O) groups excluding carboxylic acids is 2. The van der Waals surface area contributed by atoms with Crippen LogP contribution in [0.25, 0.3) is 10.8 Å². The first-order chi connectivity index (χ1) is 13.0. The molecule has 0 aliphatic heterocycles. The minimum Gasteiger partial charge on any atom is -0.507 e. The minimum absolute atomic E-state index is 0.00644. The Kier molecular flexibility index (Phi) is 5.59. The zero-order valence-corrected chi connectivity index (χ0v) is 15.3.